The zero-order chi connectivity index (χ0) is 10.7. The number of nitrogens with zero attached hydrogens (tertiary/aromatic N) is 2. The summed E-state index contributed by atoms with van der Waals surface area (Å²) in [5.74, 6) is 2.21. The maximum absolute atomic E-state index is 10.8. The molecule has 0 unspecified atom stereocenters. The maximum Gasteiger partial charge on any atom is 0.413 e. The maximum atomic E-state index is 10.8. The molecule has 0 fully saturated rings. The van der Waals surface area contributed by atoms with E-state index in [0.29, 0.717) is 0 Å². The Balaban J connectivity index is 3.05. The number of carboxylic acid groups (broad SMARTS) is 1. The van der Waals surface area contributed by atoms with E-state index in [9.17, 15) is 4.79 Å². The molecule has 1 rings (SSSR count). The second-order valence-electron chi connectivity index (χ2n) is 2.14. The van der Waals surface area contributed by atoms with Gasteiger partial charge in [0, 0.05) is 0 Å². The van der Waals surface area contributed by atoms with Gasteiger partial charge in [-0.1, -0.05) is 40.5 Å². The Bertz CT molecular complexity index is 399. The van der Waals surface area contributed by atoms with Crippen molar-refractivity contribution < 1.29 is 9.90 Å². The molecule has 1 heterocycles. The van der Waals surface area contributed by atoms with E-state index in [-0.39, 0.29) is 21.2 Å². The van der Waals surface area contributed by atoms with Gasteiger partial charge in [-0.25, -0.2) is 9.78 Å². The zero-order valence-corrected chi connectivity index (χ0v) is 9.03. The summed E-state index contributed by atoms with van der Waals surface area (Å²) in [6.07, 6.45) is 3.82. The van der Waals surface area contributed by atoms with Crippen LogP contribution in [0.25, 0.3) is 0 Å². The Morgan fingerprint density at radius 2 is 2.36 bits per heavy atom. The molecule has 1 aromatic heterocycles. The molecule has 0 saturated carbocycles. The second kappa shape index (κ2) is 4.51. The van der Waals surface area contributed by atoms with Crippen LogP contribution in [0.3, 0.4) is 0 Å². The standard InChI is InChI=1S/C7H4Cl2N2O2S/c1-2-3-11(7(12)13)5-4(8)10-6(9)14-5/h1H,3H2,(H,12,13). The van der Waals surface area contributed by atoms with Crippen LogP contribution in [0.15, 0.2) is 0 Å². The number of halogens is 2. The number of terminal acetylenes is 1. The van der Waals surface area contributed by atoms with E-state index in [1.807, 2.05) is 0 Å². The molecular formula is C7H4Cl2N2O2S. The molecule has 0 aliphatic heterocycles. The van der Waals surface area contributed by atoms with Gasteiger partial charge in [0.15, 0.2) is 9.62 Å². The third-order valence-corrected chi connectivity index (χ3v) is 2.83. The topological polar surface area (TPSA) is 53.4 Å². The molecular weight excluding hydrogens is 247 g/mol. The first-order chi connectivity index (χ1) is 6.56. The van der Waals surface area contributed by atoms with Crippen molar-refractivity contribution in [3.63, 3.8) is 0 Å². The predicted molar refractivity (Wildman–Crippen MR) is 56.3 cm³/mol. The number of hydrogen-bond acceptors (Lipinski definition) is 3. The van der Waals surface area contributed by atoms with Gasteiger partial charge in [0.1, 0.15) is 5.00 Å². The van der Waals surface area contributed by atoms with Crippen LogP contribution in [0, 0.1) is 12.3 Å². The first-order valence-electron chi connectivity index (χ1n) is 3.32. The zero-order valence-electron chi connectivity index (χ0n) is 6.70. The summed E-state index contributed by atoms with van der Waals surface area (Å²) in [5.41, 5.74) is 0. The van der Waals surface area contributed by atoms with Crippen LogP contribution < -0.4 is 4.90 Å². The van der Waals surface area contributed by atoms with Gasteiger partial charge >= 0.3 is 6.09 Å². The number of rotatable bonds is 2. The van der Waals surface area contributed by atoms with Gasteiger partial charge in [0.25, 0.3) is 0 Å². The highest BCUT2D eigenvalue weighted by Crippen LogP contribution is 2.34. The Kier molecular flexibility index (Phi) is 3.58. The summed E-state index contributed by atoms with van der Waals surface area (Å²) in [7, 11) is 0. The Morgan fingerprint density at radius 3 is 2.71 bits per heavy atom. The predicted octanol–water partition coefficient (Wildman–Crippen LogP) is 2.57. The fraction of sp³-hybridized carbons (Fsp3) is 0.143. The summed E-state index contributed by atoms with van der Waals surface area (Å²) < 4.78 is 0.174. The SMILES string of the molecule is C#CCN(C(=O)O)c1sc(Cl)nc1Cl. The highest BCUT2D eigenvalue weighted by Gasteiger charge is 2.20. The summed E-state index contributed by atoms with van der Waals surface area (Å²) in [4.78, 5) is 15.3. The van der Waals surface area contributed by atoms with E-state index in [1.165, 1.54) is 0 Å². The molecule has 0 atom stereocenters. The van der Waals surface area contributed by atoms with Gasteiger partial charge in [0.2, 0.25) is 0 Å². The molecule has 14 heavy (non-hydrogen) atoms. The fourth-order valence-corrected chi connectivity index (χ4v) is 2.13. The fourth-order valence-electron chi connectivity index (χ4n) is 0.754. The molecule has 0 aromatic carbocycles. The Hall–Kier alpha value is -0.960. The first kappa shape index (κ1) is 11.1. The van der Waals surface area contributed by atoms with Gasteiger partial charge < -0.3 is 5.11 Å². The van der Waals surface area contributed by atoms with Crippen LogP contribution >= 0.6 is 34.5 Å². The first-order valence-corrected chi connectivity index (χ1v) is 4.89. The lowest BCUT2D eigenvalue weighted by molar-refractivity contribution is 0.203. The van der Waals surface area contributed by atoms with E-state index in [2.05, 4.69) is 10.9 Å². The average Bonchev–Trinajstić information content (AvgIpc) is 2.40. The number of hydrogen-bond donors (Lipinski definition) is 1. The van der Waals surface area contributed by atoms with Crippen molar-refractivity contribution in [3.8, 4) is 12.3 Å². The van der Waals surface area contributed by atoms with Crippen molar-refractivity contribution in [2.24, 2.45) is 0 Å². The van der Waals surface area contributed by atoms with E-state index < -0.39 is 6.09 Å². The monoisotopic (exact) mass is 250 g/mol. The molecule has 0 spiro atoms. The molecule has 0 bridgehead atoms. The number of anilines is 1. The lowest BCUT2D eigenvalue weighted by atomic mass is 10.5. The number of thiazole rings is 1. The number of amides is 1. The van der Waals surface area contributed by atoms with Crippen LogP contribution in [-0.4, -0.2) is 22.7 Å². The molecule has 4 nitrogen and oxygen atoms in total. The minimum atomic E-state index is -1.19. The van der Waals surface area contributed by atoms with Crippen LogP contribution in [0.1, 0.15) is 0 Å². The lowest BCUT2D eigenvalue weighted by Crippen LogP contribution is -2.28. The van der Waals surface area contributed by atoms with Crippen molar-refractivity contribution >= 4 is 45.6 Å². The normalized spacial score (nSPS) is 9.50. The van der Waals surface area contributed by atoms with Crippen LogP contribution in [0.2, 0.25) is 9.62 Å². The average molecular weight is 251 g/mol. The van der Waals surface area contributed by atoms with Gasteiger partial charge in [-0.05, 0) is 0 Å². The molecule has 1 aromatic rings. The molecule has 0 aliphatic carbocycles. The quantitative estimate of drug-likeness (QED) is 0.822. The van der Waals surface area contributed by atoms with Gasteiger partial charge in [0.05, 0.1) is 6.54 Å². The summed E-state index contributed by atoms with van der Waals surface area (Å²) >= 11 is 12.2. The lowest BCUT2D eigenvalue weighted by Gasteiger charge is -2.12. The summed E-state index contributed by atoms with van der Waals surface area (Å²) in [6, 6.07) is 0. The Morgan fingerprint density at radius 1 is 1.71 bits per heavy atom. The highest BCUT2D eigenvalue weighted by atomic mass is 35.5. The highest BCUT2D eigenvalue weighted by molar-refractivity contribution is 7.20. The molecule has 0 radical (unpaired) electrons. The van der Waals surface area contributed by atoms with E-state index in [4.69, 9.17) is 34.7 Å². The number of aromatic nitrogens is 1. The van der Waals surface area contributed by atoms with E-state index in [0.717, 1.165) is 16.2 Å². The van der Waals surface area contributed by atoms with Crippen molar-refractivity contribution in [1.29, 1.82) is 0 Å². The second-order valence-corrected chi connectivity index (χ2v) is 4.05. The van der Waals surface area contributed by atoms with E-state index in [1.54, 1.807) is 0 Å². The minimum Gasteiger partial charge on any atom is -0.465 e. The molecule has 0 aliphatic rings. The third kappa shape index (κ3) is 2.29. The van der Waals surface area contributed by atoms with Gasteiger partial charge in [-0.3, -0.25) is 4.90 Å². The van der Waals surface area contributed by atoms with Crippen molar-refractivity contribution in [1.82, 2.24) is 4.98 Å². The van der Waals surface area contributed by atoms with Crippen molar-refractivity contribution in [2.45, 2.75) is 0 Å². The van der Waals surface area contributed by atoms with Gasteiger partial charge in [-0.2, -0.15) is 0 Å². The summed E-state index contributed by atoms with van der Waals surface area (Å²) in [5, 5.41) is 9.08. The van der Waals surface area contributed by atoms with E-state index >= 15 is 0 Å². The van der Waals surface area contributed by atoms with Gasteiger partial charge in [-0.15, -0.1) is 6.42 Å². The smallest absolute Gasteiger partial charge is 0.413 e. The number of carbonyl (C=O) groups is 1. The molecule has 1 N–H and O–H groups in total. The third-order valence-electron chi connectivity index (χ3n) is 1.27. The van der Waals surface area contributed by atoms with Crippen molar-refractivity contribution in [2.75, 3.05) is 11.4 Å². The molecule has 7 heteroatoms. The van der Waals surface area contributed by atoms with Crippen LogP contribution in [0.4, 0.5) is 9.80 Å². The van der Waals surface area contributed by atoms with Crippen LogP contribution in [-0.2, 0) is 0 Å². The molecule has 74 valence electrons. The minimum absolute atomic E-state index is 0.0395. The largest absolute Gasteiger partial charge is 0.465 e. The van der Waals surface area contributed by atoms with Crippen molar-refractivity contribution in [3.05, 3.63) is 9.62 Å². The molecule has 0 saturated heterocycles. The van der Waals surface area contributed by atoms with Crippen LogP contribution in [0.5, 0.6) is 0 Å². The summed E-state index contributed by atoms with van der Waals surface area (Å²) in [6.45, 7) is -0.0897. The Labute approximate surface area is 94.1 Å². The molecule has 1 amide bonds.